The monoisotopic (exact) mass is 524 g/mol. The van der Waals surface area contributed by atoms with Crippen LogP contribution in [0.25, 0.3) is 28.1 Å². The summed E-state index contributed by atoms with van der Waals surface area (Å²) in [7, 11) is 0. The van der Waals surface area contributed by atoms with E-state index < -0.39 is 12.2 Å². The van der Waals surface area contributed by atoms with Gasteiger partial charge in [0.25, 0.3) is 0 Å². The average Bonchev–Trinajstić information content (AvgIpc) is 3.77. The Balaban J connectivity index is 1.34. The standard InChI is InChI=1S/C33H33FN2O3/c1-21(22-7-3-2-4-8-22)35-31(39)20-27(38)19-26(37)17-18-29-32(23-13-15-25(34)16-14-23)28-9-5-6-10-30(28)36-33(29)24-11-12-24/h2-10,13-18,21,24,26-27,37-38H,11-12,19-20H2,1H3,(H,35,39)/b18-17+/t21?,26-,27-/m1/s1. The predicted octanol–water partition coefficient (Wildman–Crippen LogP) is 6.31. The van der Waals surface area contributed by atoms with E-state index in [2.05, 4.69) is 5.32 Å². The minimum absolute atomic E-state index is 0.0231. The number of nitrogens with zero attached hydrogens (tertiary/aromatic N) is 1. The molecule has 1 unspecified atom stereocenters. The van der Waals surface area contributed by atoms with Gasteiger partial charge in [-0.05, 0) is 49.1 Å². The molecule has 0 bridgehead atoms. The Kier molecular flexibility index (Phi) is 8.15. The van der Waals surface area contributed by atoms with E-state index in [-0.39, 0.29) is 30.6 Å². The molecule has 1 saturated carbocycles. The number of para-hydroxylation sites is 1. The van der Waals surface area contributed by atoms with E-state index in [4.69, 9.17) is 4.98 Å². The fourth-order valence-corrected chi connectivity index (χ4v) is 5.00. The van der Waals surface area contributed by atoms with E-state index in [0.717, 1.165) is 51.7 Å². The van der Waals surface area contributed by atoms with Gasteiger partial charge < -0.3 is 15.5 Å². The number of amides is 1. The Morgan fingerprint density at radius 2 is 1.72 bits per heavy atom. The quantitative estimate of drug-likeness (QED) is 0.227. The number of carbonyl (C=O) groups is 1. The average molecular weight is 525 g/mol. The number of fused-ring (bicyclic) bond motifs is 1. The normalized spacial score (nSPS) is 15.8. The highest BCUT2D eigenvalue weighted by Crippen LogP contribution is 2.45. The van der Waals surface area contributed by atoms with E-state index in [1.54, 1.807) is 18.2 Å². The summed E-state index contributed by atoms with van der Waals surface area (Å²) in [5.41, 5.74) is 5.53. The summed E-state index contributed by atoms with van der Waals surface area (Å²) < 4.78 is 13.7. The number of hydrogen-bond donors (Lipinski definition) is 3. The minimum atomic E-state index is -0.998. The molecule has 1 heterocycles. The van der Waals surface area contributed by atoms with Gasteiger partial charge in [-0.1, -0.05) is 72.8 Å². The van der Waals surface area contributed by atoms with Crippen molar-refractivity contribution in [1.82, 2.24) is 10.3 Å². The van der Waals surface area contributed by atoms with Crippen molar-refractivity contribution in [2.75, 3.05) is 0 Å². The van der Waals surface area contributed by atoms with Gasteiger partial charge in [0.05, 0.1) is 35.9 Å². The van der Waals surface area contributed by atoms with Crippen LogP contribution in [0, 0.1) is 5.82 Å². The van der Waals surface area contributed by atoms with Crippen LogP contribution in [0.1, 0.15) is 61.4 Å². The Labute approximate surface area is 228 Å². The van der Waals surface area contributed by atoms with E-state index in [0.29, 0.717) is 5.92 Å². The van der Waals surface area contributed by atoms with Gasteiger partial charge in [-0.2, -0.15) is 0 Å². The van der Waals surface area contributed by atoms with Crippen LogP contribution in [0.15, 0.2) is 84.9 Å². The summed E-state index contributed by atoms with van der Waals surface area (Å²) >= 11 is 0. The first-order chi connectivity index (χ1) is 18.9. The molecule has 1 aliphatic carbocycles. The second-order valence-corrected chi connectivity index (χ2v) is 10.3. The zero-order valence-corrected chi connectivity index (χ0v) is 21.9. The molecule has 1 aliphatic rings. The number of hydrogen-bond acceptors (Lipinski definition) is 4. The second kappa shape index (κ2) is 11.9. The Hall–Kier alpha value is -3.87. The smallest absolute Gasteiger partial charge is 0.223 e. The van der Waals surface area contributed by atoms with Gasteiger partial charge in [0.2, 0.25) is 5.91 Å². The molecule has 1 fully saturated rings. The molecule has 0 radical (unpaired) electrons. The number of aliphatic hydroxyl groups excluding tert-OH is 2. The molecule has 1 amide bonds. The fourth-order valence-electron chi connectivity index (χ4n) is 5.00. The van der Waals surface area contributed by atoms with E-state index in [9.17, 15) is 19.4 Å². The molecule has 3 atom stereocenters. The number of aromatic nitrogens is 1. The molecule has 4 aromatic rings. The van der Waals surface area contributed by atoms with Gasteiger partial charge in [-0.15, -0.1) is 0 Å². The van der Waals surface area contributed by atoms with Crippen molar-refractivity contribution in [1.29, 1.82) is 0 Å². The predicted molar refractivity (Wildman–Crippen MR) is 152 cm³/mol. The SMILES string of the molecule is CC(NC(=O)C[C@H](O)C[C@H](O)/C=C/c1c(C2CC2)nc2ccccc2c1-c1ccc(F)cc1)c1ccccc1. The third-order valence-electron chi connectivity index (χ3n) is 7.15. The minimum Gasteiger partial charge on any atom is -0.392 e. The fraction of sp³-hybridized carbons (Fsp3) is 0.273. The molecular formula is C33H33FN2O3. The van der Waals surface area contributed by atoms with Crippen molar-refractivity contribution >= 4 is 22.9 Å². The lowest BCUT2D eigenvalue weighted by atomic mass is 9.92. The number of rotatable bonds is 10. The van der Waals surface area contributed by atoms with E-state index >= 15 is 0 Å². The zero-order chi connectivity index (χ0) is 27.4. The van der Waals surface area contributed by atoms with Crippen molar-refractivity contribution in [3.05, 3.63) is 108 Å². The lowest BCUT2D eigenvalue weighted by Crippen LogP contribution is -2.31. The maximum atomic E-state index is 13.7. The van der Waals surface area contributed by atoms with Crippen molar-refractivity contribution < 1.29 is 19.4 Å². The van der Waals surface area contributed by atoms with Gasteiger partial charge >= 0.3 is 0 Å². The van der Waals surface area contributed by atoms with Gasteiger partial charge in [-0.3, -0.25) is 9.78 Å². The highest BCUT2D eigenvalue weighted by Gasteiger charge is 2.29. The number of carbonyl (C=O) groups excluding carboxylic acids is 1. The number of aliphatic hydroxyl groups is 2. The van der Waals surface area contributed by atoms with Gasteiger partial charge in [0.15, 0.2) is 0 Å². The summed E-state index contributed by atoms with van der Waals surface area (Å²) in [6, 6.07) is 23.8. The van der Waals surface area contributed by atoms with Crippen LogP contribution < -0.4 is 5.32 Å². The van der Waals surface area contributed by atoms with Crippen molar-refractivity contribution in [3.8, 4) is 11.1 Å². The van der Waals surface area contributed by atoms with Crippen molar-refractivity contribution in [3.63, 3.8) is 0 Å². The van der Waals surface area contributed by atoms with Crippen LogP contribution in [-0.2, 0) is 4.79 Å². The molecule has 1 aromatic heterocycles. The maximum absolute atomic E-state index is 13.7. The molecule has 3 aromatic carbocycles. The first-order valence-electron chi connectivity index (χ1n) is 13.5. The number of pyridine rings is 1. The van der Waals surface area contributed by atoms with Crippen LogP contribution in [0.4, 0.5) is 4.39 Å². The molecule has 5 rings (SSSR count). The first kappa shape index (κ1) is 26.7. The van der Waals surface area contributed by atoms with Gasteiger partial charge in [0, 0.05) is 28.9 Å². The third-order valence-corrected chi connectivity index (χ3v) is 7.15. The molecule has 6 heteroatoms. The van der Waals surface area contributed by atoms with Crippen LogP contribution in [0.5, 0.6) is 0 Å². The van der Waals surface area contributed by atoms with Crippen LogP contribution in [0.2, 0.25) is 0 Å². The summed E-state index contributed by atoms with van der Waals surface area (Å²) in [5.74, 6) is -0.238. The van der Waals surface area contributed by atoms with E-state index in [1.165, 1.54) is 12.1 Å². The summed E-state index contributed by atoms with van der Waals surface area (Å²) in [6.07, 6.45) is 3.57. The number of halogens is 1. The van der Waals surface area contributed by atoms with Crippen molar-refractivity contribution in [2.24, 2.45) is 0 Å². The molecule has 5 nitrogen and oxygen atoms in total. The molecule has 0 saturated heterocycles. The number of nitrogens with one attached hydrogen (secondary N) is 1. The van der Waals surface area contributed by atoms with Crippen LogP contribution in [-0.4, -0.2) is 33.3 Å². The molecule has 0 aliphatic heterocycles. The van der Waals surface area contributed by atoms with Gasteiger partial charge in [-0.25, -0.2) is 4.39 Å². The zero-order valence-electron chi connectivity index (χ0n) is 21.9. The lowest BCUT2D eigenvalue weighted by molar-refractivity contribution is -0.123. The largest absolute Gasteiger partial charge is 0.392 e. The van der Waals surface area contributed by atoms with E-state index in [1.807, 2.05) is 67.6 Å². The highest BCUT2D eigenvalue weighted by atomic mass is 19.1. The molecule has 39 heavy (non-hydrogen) atoms. The second-order valence-electron chi connectivity index (χ2n) is 10.3. The Morgan fingerprint density at radius 1 is 1.03 bits per heavy atom. The Bertz CT molecular complexity index is 1470. The molecule has 3 N–H and O–H groups in total. The molecular weight excluding hydrogens is 491 g/mol. The van der Waals surface area contributed by atoms with Gasteiger partial charge in [0.1, 0.15) is 5.82 Å². The number of benzene rings is 3. The first-order valence-corrected chi connectivity index (χ1v) is 13.5. The summed E-state index contributed by atoms with van der Waals surface area (Å²) in [5, 5.41) is 25.1. The lowest BCUT2D eigenvalue weighted by Gasteiger charge is -2.18. The molecule has 0 spiro atoms. The Morgan fingerprint density at radius 3 is 2.44 bits per heavy atom. The molecule has 200 valence electrons. The highest BCUT2D eigenvalue weighted by molar-refractivity contribution is 5.99. The summed E-state index contributed by atoms with van der Waals surface area (Å²) in [6.45, 7) is 1.89. The summed E-state index contributed by atoms with van der Waals surface area (Å²) in [4.78, 5) is 17.4. The van der Waals surface area contributed by atoms with Crippen molar-refractivity contribution in [2.45, 2.75) is 56.8 Å². The topological polar surface area (TPSA) is 82.5 Å². The van der Waals surface area contributed by atoms with Crippen LogP contribution >= 0.6 is 0 Å². The maximum Gasteiger partial charge on any atom is 0.223 e. The third kappa shape index (κ3) is 6.59. The van der Waals surface area contributed by atoms with Crippen LogP contribution in [0.3, 0.4) is 0 Å².